The second kappa shape index (κ2) is 3.68. The monoisotopic (exact) mass is 151 g/mol. The molecule has 58 valence electrons. The predicted octanol–water partition coefficient (Wildman–Crippen LogP) is 0.298. The van der Waals surface area contributed by atoms with Gasteiger partial charge in [-0.1, -0.05) is 0 Å². The van der Waals surface area contributed by atoms with Crippen LogP contribution >= 0.6 is 0 Å². The van der Waals surface area contributed by atoms with Crippen molar-refractivity contribution in [2.75, 3.05) is 6.54 Å². The van der Waals surface area contributed by atoms with E-state index in [-0.39, 0.29) is 0 Å². The number of carbonyl (C=O) groups excluding carboxylic acids is 1. The summed E-state index contributed by atoms with van der Waals surface area (Å²) >= 11 is 0. The maximum atomic E-state index is 9.70. The van der Waals surface area contributed by atoms with Crippen LogP contribution in [0.25, 0.3) is 0 Å². The minimum atomic E-state index is 0.467. The van der Waals surface area contributed by atoms with Gasteiger partial charge in [0, 0.05) is 25.9 Å². The third-order valence-electron chi connectivity index (χ3n) is 1.43. The molecule has 0 amide bonds. The predicted molar refractivity (Wildman–Crippen MR) is 39.9 cm³/mol. The van der Waals surface area contributed by atoms with E-state index in [2.05, 4.69) is 9.98 Å². The first-order valence-corrected chi connectivity index (χ1v) is 3.34. The lowest BCUT2D eigenvalue weighted by Gasteiger charge is -1.95. The number of imidazole rings is 1. The van der Waals surface area contributed by atoms with Crippen LogP contribution in [0, 0.1) is 0 Å². The summed E-state index contributed by atoms with van der Waals surface area (Å²) in [6.45, 7) is 0.467. The highest BCUT2D eigenvalue weighted by Gasteiger charge is 1.95. The fourth-order valence-electron chi connectivity index (χ4n) is 0.839. The van der Waals surface area contributed by atoms with Gasteiger partial charge in [-0.05, 0) is 0 Å². The van der Waals surface area contributed by atoms with E-state index < -0.39 is 0 Å². The van der Waals surface area contributed by atoms with Gasteiger partial charge in [0.15, 0.2) is 0 Å². The molecule has 11 heavy (non-hydrogen) atoms. The Balaban J connectivity index is 2.50. The number of hydrogen-bond acceptors (Lipinski definition) is 3. The Bertz CT molecular complexity index is 273. The highest BCUT2D eigenvalue weighted by molar-refractivity contribution is 5.32. The van der Waals surface area contributed by atoms with Gasteiger partial charge in [0.25, 0.3) is 0 Å². The average Bonchev–Trinajstić information content (AvgIpc) is 2.37. The van der Waals surface area contributed by atoms with Crippen molar-refractivity contribution in [3.63, 3.8) is 0 Å². The molecule has 0 aromatic carbocycles. The van der Waals surface area contributed by atoms with Gasteiger partial charge in [-0.3, -0.25) is 0 Å². The van der Waals surface area contributed by atoms with Gasteiger partial charge < -0.3 is 4.57 Å². The quantitative estimate of drug-likeness (QED) is 0.460. The number of nitrogens with zero attached hydrogens (tertiary/aromatic N) is 3. The molecule has 0 aliphatic heterocycles. The number of aliphatic imine (C=N–C) groups is 1. The molecule has 0 radical (unpaired) electrons. The van der Waals surface area contributed by atoms with E-state index in [9.17, 15) is 4.79 Å². The molecule has 0 bridgehead atoms. The molecular weight excluding hydrogens is 142 g/mol. The number of rotatable bonds is 3. The highest BCUT2D eigenvalue weighted by Crippen LogP contribution is 1.94. The molecule has 1 aromatic rings. The first kappa shape index (κ1) is 7.69. The average molecular weight is 151 g/mol. The standard InChI is InChI=1S/C7H9N3O/c1-10-5-4-9-7(10)2-3-8-6-11/h4-5H,2-3H2,1H3. The van der Waals surface area contributed by atoms with Crippen molar-refractivity contribution in [3.05, 3.63) is 18.2 Å². The summed E-state index contributed by atoms with van der Waals surface area (Å²) in [7, 11) is 1.91. The van der Waals surface area contributed by atoms with E-state index in [1.807, 2.05) is 17.8 Å². The van der Waals surface area contributed by atoms with Gasteiger partial charge >= 0.3 is 0 Å². The van der Waals surface area contributed by atoms with E-state index in [0.29, 0.717) is 13.0 Å². The first-order valence-electron chi connectivity index (χ1n) is 3.34. The smallest absolute Gasteiger partial charge is 0.234 e. The van der Waals surface area contributed by atoms with Crippen molar-refractivity contribution in [1.82, 2.24) is 9.55 Å². The topological polar surface area (TPSA) is 47.2 Å². The molecule has 0 N–H and O–H groups in total. The van der Waals surface area contributed by atoms with Gasteiger partial charge in [0.2, 0.25) is 6.08 Å². The van der Waals surface area contributed by atoms with Crippen LogP contribution in [0.4, 0.5) is 0 Å². The molecule has 0 unspecified atom stereocenters. The molecule has 0 spiro atoms. The van der Waals surface area contributed by atoms with Gasteiger partial charge in [0.05, 0.1) is 6.54 Å². The van der Waals surface area contributed by atoms with Gasteiger partial charge in [-0.15, -0.1) is 0 Å². The molecule has 1 rings (SSSR count). The third-order valence-corrected chi connectivity index (χ3v) is 1.43. The van der Waals surface area contributed by atoms with Crippen molar-refractivity contribution < 1.29 is 4.79 Å². The second-order valence-electron chi connectivity index (χ2n) is 2.18. The lowest BCUT2D eigenvalue weighted by Crippen LogP contribution is -1.98. The van der Waals surface area contributed by atoms with E-state index in [1.54, 1.807) is 6.20 Å². The molecule has 0 aliphatic carbocycles. The normalized spacial score (nSPS) is 9.18. The molecule has 1 heterocycles. The summed E-state index contributed by atoms with van der Waals surface area (Å²) in [5.41, 5.74) is 0. The Kier molecular flexibility index (Phi) is 2.58. The molecule has 4 nitrogen and oxygen atoms in total. The van der Waals surface area contributed by atoms with Crippen molar-refractivity contribution >= 4 is 6.08 Å². The molecule has 1 aromatic heterocycles. The molecular formula is C7H9N3O. The first-order chi connectivity index (χ1) is 5.34. The van der Waals surface area contributed by atoms with Crippen molar-refractivity contribution in [1.29, 1.82) is 0 Å². The number of aryl methyl sites for hydroxylation is 1. The van der Waals surface area contributed by atoms with Crippen LogP contribution < -0.4 is 0 Å². The van der Waals surface area contributed by atoms with Gasteiger partial charge in [-0.2, -0.15) is 0 Å². The van der Waals surface area contributed by atoms with Gasteiger partial charge in [-0.25, -0.2) is 14.8 Å². The second-order valence-corrected chi connectivity index (χ2v) is 2.18. The van der Waals surface area contributed by atoms with E-state index >= 15 is 0 Å². The Labute approximate surface area is 64.6 Å². The van der Waals surface area contributed by atoms with Crippen molar-refractivity contribution in [2.24, 2.45) is 12.0 Å². The summed E-state index contributed by atoms with van der Waals surface area (Å²) in [5.74, 6) is 0.934. The lowest BCUT2D eigenvalue weighted by molar-refractivity contribution is 0.562. The number of isocyanates is 1. The minimum absolute atomic E-state index is 0.467. The van der Waals surface area contributed by atoms with E-state index in [4.69, 9.17) is 0 Å². The fraction of sp³-hybridized carbons (Fsp3) is 0.429. The Morgan fingerprint density at radius 2 is 2.64 bits per heavy atom. The Morgan fingerprint density at radius 3 is 3.18 bits per heavy atom. The summed E-state index contributed by atoms with van der Waals surface area (Å²) in [6.07, 6.45) is 5.76. The summed E-state index contributed by atoms with van der Waals surface area (Å²) in [6, 6.07) is 0. The van der Waals surface area contributed by atoms with Crippen LogP contribution in [0.5, 0.6) is 0 Å². The molecule has 0 aliphatic rings. The summed E-state index contributed by atoms with van der Waals surface area (Å²) in [4.78, 5) is 17.2. The molecule has 4 heteroatoms. The molecule has 0 saturated carbocycles. The highest BCUT2D eigenvalue weighted by atomic mass is 16.1. The van der Waals surface area contributed by atoms with Crippen LogP contribution in [0.3, 0.4) is 0 Å². The van der Waals surface area contributed by atoms with Crippen LogP contribution in [0.2, 0.25) is 0 Å². The third kappa shape index (κ3) is 2.02. The Morgan fingerprint density at radius 1 is 1.82 bits per heavy atom. The zero-order valence-electron chi connectivity index (χ0n) is 6.32. The SMILES string of the molecule is Cn1ccnc1CCN=C=O. The maximum absolute atomic E-state index is 9.70. The Hall–Kier alpha value is -1.41. The van der Waals surface area contributed by atoms with E-state index in [0.717, 1.165) is 5.82 Å². The van der Waals surface area contributed by atoms with Crippen molar-refractivity contribution in [3.8, 4) is 0 Å². The minimum Gasteiger partial charge on any atom is -0.338 e. The van der Waals surface area contributed by atoms with Crippen LogP contribution in [0.15, 0.2) is 17.4 Å². The van der Waals surface area contributed by atoms with Crippen molar-refractivity contribution in [2.45, 2.75) is 6.42 Å². The van der Waals surface area contributed by atoms with Crippen LogP contribution in [0.1, 0.15) is 5.82 Å². The van der Waals surface area contributed by atoms with E-state index in [1.165, 1.54) is 6.08 Å². The number of hydrogen-bond donors (Lipinski definition) is 0. The van der Waals surface area contributed by atoms with Crippen LogP contribution in [-0.2, 0) is 18.3 Å². The summed E-state index contributed by atoms with van der Waals surface area (Å²) in [5, 5.41) is 0. The summed E-state index contributed by atoms with van der Waals surface area (Å²) < 4.78 is 1.90. The lowest BCUT2D eigenvalue weighted by atomic mass is 10.4. The molecule has 0 atom stereocenters. The largest absolute Gasteiger partial charge is 0.338 e. The van der Waals surface area contributed by atoms with Crippen LogP contribution in [-0.4, -0.2) is 22.2 Å². The zero-order valence-corrected chi connectivity index (χ0v) is 6.32. The maximum Gasteiger partial charge on any atom is 0.234 e. The molecule has 0 fully saturated rings. The van der Waals surface area contributed by atoms with Gasteiger partial charge in [0.1, 0.15) is 5.82 Å². The zero-order chi connectivity index (χ0) is 8.10. The molecule has 0 saturated heterocycles. The number of aromatic nitrogens is 2. The fourth-order valence-corrected chi connectivity index (χ4v) is 0.839.